The van der Waals surface area contributed by atoms with Gasteiger partial charge in [-0.2, -0.15) is 26.3 Å². The van der Waals surface area contributed by atoms with Crippen molar-refractivity contribution in [1.82, 2.24) is 0 Å². The van der Waals surface area contributed by atoms with Gasteiger partial charge in [0.2, 0.25) is 0 Å². The van der Waals surface area contributed by atoms with Crippen LogP contribution in [0.5, 0.6) is 0 Å². The molecule has 0 radical (unpaired) electrons. The number of benzene rings is 1. The van der Waals surface area contributed by atoms with Crippen molar-refractivity contribution in [2.75, 3.05) is 0 Å². The zero-order valence-electron chi connectivity index (χ0n) is 20.0. The van der Waals surface area contributed by atoms with E-state index in [2.05, 4.69) is 0 Å². The second-order valence-corrected chi connectivity index (χ2v) is 8.97. The van der Waals surface area contributed by atoms with Crippen molar-refractivity contribution in [2.45, 2.75) is 85.4 Å². The van der Waals surface area contributed by atoms with Gasteiger partial charge in [-0.25, -0.2) is 0 Å². The zero-order valence-corrected chi connectivity index (χ0v) is 17.0. The van der Waals surface area contributed by atoms with Gasteiger partial charge in [-0.1, -0.05) is 73.6 Å². The van der Waals surface area contributed by atoms with Crippen LogP contribution >= 0.6 is 0 Å². The SMILES string of the molecule is [2H]C([2H])(c1cccc(C([2H])(C)C(C)(C)C(F)(F)F)c1C(C)(C)C)C(C)(C)C(F)(F)F. The van der Waals surface area contributed by atoms with E-state index >= 15 is 0 Å². The maximum Gasteiger partial charge on any atom is 0.394 e. The monoisotopic (exact) mass is 399 g/mol. The van der Waals surface area contributed by atoms with Crippen molar-refractivity contribution < 1.29 is 30.5 Å². The van der Waals surface area contributed by atoms with Gasteiger partial charge in [0.25, 0.3) is 0 Å². The third-order valence-corrected chi connectivity index (χ3v) is 5.02. The molecule has 27 heavy (non-hydrogen) atoms. The van der Waals surface area contributed by atoms with Crippen LogP contribution in [0.25, 0.3) is 0 Å². The van der Waals surface area contributed by atoms with Crippen LogP contribution in [0, 0.1) is 10.8 Å². The molecule has 0 bridgehead atoms. The maximum absolute atomic E-state index is 13.8. The molecule has 6 heteroatoms. The van der Waals surface area contributed by atoms with Crippen LogP contribution < -0.4 is 0 Å². The molecule has 0 aliphatic rings. The Hall–Kier alpha value is -1.20. The lowest BCUT2D eigenvalue weighted by molar-refractivity contribution is -0.218. The van der Waals surface area contributed by atoms with Crippen LogP contribution in [-0.4, -0.2) is 12.4 Å². The largest absolute Gasteiger partial charge is 0.394 e. The Bertz CT molecular complexity index is 725. The quantitative estimate of drug-likeness (QED) is 0.453. The third-order valence-electron chi connectivity index (χ3n) is 5.02. The van der Waals surface area contributed by atoms with Crippen molar-refractivity contribution in [3.8, 4) is 0 Å². The first-order valence-corrected chi connectivity index (χ1v) is 8.63. The number of rotatable bonds is 4. The standard InChI is InChI=1S/C21H30F6/c1-13(19(7,8)21(25,26)27)15-11-9-10-14(16(15)17(2,3)4)12-18(5,6)20(22,23)24/h9-11,13H,12H2,1-8H3/i12D2,13D. The molecular weight excluding hydrogens is 366 g/mol. The number of halogens is 6. The summed E-state index contributed by atoms with van der Waals surface area (Å²) in [6, 6.07) is 3.68. The molecule has 1 aromatic carbocycles. The van der Waals surface area contributed by atoms with E-state index in [1.807, 2.05) is 0 Å². The molecule has 0 nitrogen and oxygen atoms in total. The van der Waals surface area contributed by atoms with Gasteiger partial charge in [-0.15, -0.1) is 0 Å². The molecule has 0 N–H and O–H groups in total. The summed E-state index contributed by atoms with van der Waals surface area (Å²) >= 11 is 0. The van der Waals surface area contributed by atoms with Gasteiger partial charge in [-0.3, -0.25) is 0 Å². The van der Waals surface area contributed by atoms with Crippen molar-refractivity contribution in [3.63, 3.8) is 0 Å². The Morgan fingerprint density at radius 2 is 1.37 bits per heavy atom. The highest BCUT2D eigenvalue weighted by Crippen LogP contribution is 2.51. The van der Waals surface area contributed by atoms with E-state index in [9.17, 15) is 26.3 Å². The van der Waals surface area contributed by atoms with E-state index in [-0.39, 0.29) is 16.7 Å². The lowest BCUT2D eigenvalue weighted by Crippen LogP contribution is -2.38. The van der Waals surface area contributed by atoms with Gasteiger partial charge in [0.05, 0.1) is 10.8 Å². The Morgan fingerprint density at radius 3 is 1.74 bits per heavy atom. The second kappa shape index (κ2) is 7.00. The Labute approximate surface area is 162 Å². The first-order chi connectivity index (χ1) is 12.8. The fourth-order valence-corrected chi connectivity index (χ4v) is 2.73. The highest BCUT2D eigenvalue weighted by atomic mass is 19.4. The summed E-state index contributed by atoms with van der Waals surface area (Å²) in [4.78, 5) is 0. The average Bonchev–Trinajstić information content (AvgIpc) is 2.50. The minimum atomic E-state index is -4.91. The van der Waals surface area contributed by atoms with E-state index in [1.165, 1.54) is 18.2 Å². The molecule has 1 aromatic rings. The van der Waals surface area contributed by atoms with Crippen molar-refractivity contribution in [2.24, 2.45) is 10.8 Å². The minimum Gasteiger partial charge on any atom is -0.171 e. The summed E-state index contributed by atoms with van der Waals surface area (Å²) in [6.45, 7) is 9.02. The van der Waals surface area contributed by atoms with Crippen LogP contribution in [0.4, 0.5) is 26.3 Å². The van der Waals surface area contributed by atoms with Crippen molar-refractivity contribution in [3.05, 3.63) is 34.9 Å². The fourth-order valence-electron chi connectivity index (χ4n) is 2.73. The molecule has 0 amide bonds. The van der Waals surface area contributed by atoms with Crippen LogP contribution in [0.2, 0.25) is 0 Å². The molecule has 0 aromatic heterocycles. The van der Waals surface area contributed by atoms with Gasteiger partial charge < -0.3 is 0 Å². The molecule has 1 rings (SSSR count). The molecule has 1 atom stereocenters. The number of hydrogen-bond donors (Lipinski definition) is 0. The molecule has 0 aliphatic carbocycles. The molecule has 156 valence electrons. The topological polar surface area (TPSA) is 0 Å². The average molecular weight is 399 g/mol. The van der Waals surface area contributed by atoms with E-state index < -0.39 is 40.9 Å². The highest BCUT2D eigenvalue weighted by molar-refractivity contribution is 5.43. The summed E-state index contributed by atoms with van der Waals surface area (Å²) in [6.07, 6.45) is -12.6. The summed E-state index contributed by atoms with van der Waals surface area (Å²) in [7, 11) is 0. The Morgan fingerprint density at radius 1 is 0.889 bits per heavy atom. The predicted octanol–water partition coefficient (Wildman–Crippen LogP) is 7.81. The van der Waals surface area contributed by atoms with Crippen LogP contribution in [0.15, 0.2) is 18.2 Å². The molecule has 0 spiro atoms. The van der Waals surface area contributed by atoms with Gasteiger partial charge >= 0.3 is 12.4 Å². The molecular formula is C21H30F6. The Balaban J connectivity index is 4.05. The summed E-state index contributed by atoms with van der Waals surface area (Å²) in [5, 5.41) is 0. The molecule has 0 heterocycles. The van der Waals surface area contributed by atoms with E-state index in [4.69, 9.17) is 4.11 Å². The molecule has 0 aliphatic heterocycles. The fraction of sp³-hybridized carbons (Fsp3) is 0.714. The normalized spacial score (nSPS) is 19.1. The van der Waals surface area contributed by atoms with E-state index in [0.717, 1.165) is 34.6 Å². The Kier molecular flexibility index (Phi) is 4.96. The summed E-state index contributed by atoms with van der Waals surface area (Å²) in [5.41, 5.74) is -6.91. The number of alkyl halides is 6. The van der Waals surface area contributed by atoms with Gasteiger partial charge in [-0.05, 0) is 34.4 Å². The number of hydrogen-bond acceptors (Lipinski definition) is 0. The zero-order chi connectivity index (χ0) is 24.4. The van der Waals surface area contributed by atoms with Crippen LogP contribution in [0.3, 0.4) is 0 Å². The van der Waals surface area contributed by atoms with Crippen LogP contribution in [0.1, 0.15) is 82.1 Å². The van der Waals surface area contributed by atoms with Crippen LogP contribution in [-0.2, 0) is 11.8 Å². The van der Waals surface area contributed by atoms with Crippen molar-refractivity contribution >= 4 is 0 Å². The molecule has 0 saturated carbocycles. The first-order valence-electron chi connectivity index (χ1n) is 10.1. The molecule has 0 saturated heterocycles. The van der Waals surface area contributed by atoms with Gasteiger partial charge in [0.15, 0.2) is 0 Å². The lowest BCUT2D eigenvalue weighted by atomic mass is 9.68. The highest BCUT2D eigenvalue weighted by Gasteiger charge is 2.52. The summed E-state index contributed by atoms with van der Waals surface area (Å²) < 4.78 is 108. The van der Waals surface area contributed by atoms with Crippen molar-refractivity contribution in [1.29, 1.82) is 0 Å². The van der Waals surface area contributed by atoms with E-state index in [0.29, 0.717) is 0 Å². The third kappa shape index (κ3) is 4.80. The first kappa shape index (κ1) is 19.1. The van der Waals surface area contributed by atoms with Gasteiger partial charge in [0.1, 0.15) is 0 Å². The predicted molar refractivity (Wildman–Crippen MR) is 96.9 cm³/mol. The van der Waals surface area contributed by atoms with E-state index in [1.54, 1.807) is 20.8 Å². The smallest absolute Gasteiger partial charge is 0.171 e. The molecule has 0 fully saturated rings. The summed E-state index contributed by atoms with van der Waals surface area (Å²) in [5.74, 6) is -2.29. The lowest BCUT2D eigenvalue weighted by Gasteiger charge is -2.39. The van der Waals surface area contributed by atoms with Gasteiger partial charge in [0, 0.05) is 4.11 Å². The maximum atomic E-state index is 13.8. The molecule has 1 unspecified atom stereocenters. The second-order valence-electron chi connectivity index (χ2n) is 8.97. The minimum absolute atomic E-state index is 0.0119.